The summed E-state index contributed by atoms with van der Waals surface area (Å²) in [5, 5.41) is 3.17. The van der Waals surface area contributed by atoms with Crippen LogP contribution in [0.4, 0.5) is 0 Å². The fraction of sp³-hybridized carbons (Fsp3) is 0.600. The van der Waals surface area contributed by atoms with Gasteiger partial charge in [0.15, 0.2) is 0 Å². The molecule has 1 aliphatic carbocycles. The highest BCUT2D eigenvalue weighted by molar-refractivity contribution is 5.33. The molecule has 0 saturated heterocycles. The van der Waals surface area contributed by atoms with Crippen molar-refractivity contribution in [3.05, 3.63) is 29.8 Å². The van der Waals surface area contributed by atoms with Gasteiger partial charge in [-0.05, 0) is 38.9 Å². The van der Waals surface area contributed by atoms with Crippen molar-refractivity contribution in [3.63, 3.8) is 0 Å². The van der Waals surface area contributed by atoms with Crippen LogP contribution in [0.3, 0.4) is 0 Å². The van der Waals surface area contributed by atoms with Crippen molar-refractivity contribution in [2.45, 2.75) is 19.4 Å². The average Bonchev–Trinajstić information content (AvgIpc) is 3.15. The normalized spacial score (nSPS) is 15.1. The SMILES string of the molecule is CNCc1ccccc1OCCN(C)CC1CC1. The lowest BCUT2D eigenvalue weighted by molar-refractivity contribution is 0.231. The molecule has 0 amide bonds. The number of hydrogen-bond donors (Lipinski definition) is 1. The number of rotatable bonds is 8. The average molecular weight is 248 g/mol. The van der Waals surface area contributed by atoms with Gasteiger partial charge < -0.3 is 15.0 Å². The first-order valence-corrected chi connectivity index (χ1v) is 6.83. The van der Waals surface area contributed by atoms with Gasteiger partial charge in [-0.2, -0.15) is 0 Å². The van der Waals surface area contributed by atoms with E-state index in [2.05, 4.69) is 29.4 Å². The van der Waals surface area contributed by atoms with Crippen molar-refractivity contribution in [1.29, 1.82) is 0 Å². The first kappa shape index (κ1) is 13.4. The summed E-state index contributed by atoms with van der Waals surface area (Å²) in [6.45, 7) is 3.85. The van der Waals surface area contributed by atoms with E-state index in [1.807, 2.05) is 19.2 Å². The van der Waals surface area contributed by atoms with Crippen LogP contribution in [0.2, 0.25) is 0 Å². The van der Waals surface area contributed by atoms with Gasteiger partial charge in [-0.15, -0.1) is 0 Å². The molecule has 0 radical (unpaired) electrons. The van der Waals surface area contributed by atoms with Gasteiger partial charge in [-0.25, -0.2) is 0 Å². The van der Waals surface area contributed by atoms with Gasteiger partial charge in [0.25, 0.3) is 0 Å². The molecule has 100 valence electrons. The third kappa shape index (κ3) is 4.31. The van der Waals surface area contributed by atoms with Crippen LogP contribution in [0.5, 0.6) is 5.75 Å². The van der Waals surface area contributed by atoms with Crippen molar-refractivity contribution < 1.29 is 4.74 Å². The van der Waals surface area contributed by atoms with Gasteiger partial charge in [-0.3, -0.25) is 0 Å². The lowest BCUT2D eigenvalue weighted by atomic mass is 10.2. The van der Waals surface area contributed by atoms with E-state index in [0.717, 1.165) is 31.4 Å². The Kier molecular flexibility index (Phi) is 5.02. The van der Waals surface area contributed by atoms with E-state index >= 15 is 0 Å². The fourth-order valence-corrected chi connectivity index (χ4v) is 2.13. The quantitative estimate of drug-likeness (QED) is 0.762. The minimum Gasteiger partial charge on any atom is -0.492 e. The Hall–Kier alpha value is -1.06. The van der Waals surface area contributed by atoms with Crippen LogP contribution in [0.15, 0.2) is 24.3 Å². The zero-order chi connectivity index (χ0) is 12.8. The molecule has 3 heteroatoms. The molecule has 1 aromatic rings. The first-order valence-electron chi connectivity index (χ1n) is 6.83. The number of ether oxygens (including phenoxy) is 1. The number of nitrogens with zero attached hydrogens (tertiary/aromatic N) is 1. The molecule has 0 heterocycles. The van der Waals surface area contributed by atoms with Gasteiger partial charge >= 0.3 is 0 Å². The molecule has 0 aliphatic heterocycles. The predicted molar refractivity (Wildman–Crippen MR) is 74.9 cm³/mol. The van der Waals surface area contributed by atoms with Crippen LogP contribution < -0.4 is 10.1 Å². The lowest BCUT2D eigenvalue weighted by Gasteiger charge is -2.17. The van der Waals surface area contributed by atoms with E-state index in [9.17, 15) is 0 Å². The molecule has 0 spiro atoms. The van der Waals surface area contributed by atoms with Crippen LogP contribution in [0, 0.1) is 5.92 Å². The molecule has 1 aliphatic rings. The molecule has 0 atom stereocenters. The number of para-hydroxylation sites is 1. The minimum atomic E-state index is 0.768. The highest BCUT2D eigenvalue weighted by Crippen LogP contribution is 2.29. The Morgan fingerprint density at radius 3 is 2.83 bits per heavy atom. The van der Waals surface area contributed by atoms with E-state index in [-0.39, 0.29) is 0 Å². The molecule has 1 saturated carbocycles. The summed E-state index contributed by atoms with van der Waals surface area (Å²) in [6.07, 6.45) is 2.83. The van der Waals surface area contributed by atoms with Gasteiger partial charge in [0.1, 0.15) is 12.4 Å². The van der Waals surface area contributed by atoms with Gasteiger partial charge in [0.2, 0.25) is 0 Å². The number of benzene rings is 1. The summed E-state index contributed by atoms with van der Waals surface area (Å²) < 4.78 is 5.88. The van der Waals surface area contributed by atoms with Crippen molar-refractivity contribution in [2.75, 3.05) is 33.8 Å². The Balaban J connectivity index is 1.74. The summed E-state index contributed by atoms with van der Waals surface area (Å²) in [5.41, 5.74) is 1.23. The maximum atomic E-state index is 5.88. The largest absolute Gasteiger partial charge is 0.492 e. The monoisotopic (exact) mass is 248 g/mol. The smallest absolute Gasteiger partial charge is 0.123 e. The van der Waals surface area contributed by atoms with Crippen LogP contribution in [0.1, 0.15) is 18.4 Å². The van der Waals surface area contributed by atoms with E-state index < -0.39 is 0 Å². The summed E-state index contributed by atoms with van der Waals surface area (Å²) in [6, 6.07) is 8.24. The summed E-state index contributed by atoms with van der Waals surface area (Å²) >= 11 is 0. The molecule has 0 aromatic heterocycles. The van der Waals surface area contributed by atoms with Crippen LogP contribution in [-0.2, 0) is 6.54 Å². The molecule has 0 bridgehead atoms. The van der Waals surface area contributed by atoms with E-state index in [4.69, 9.17) is 4.74 Å². The second-order valence-electron chi connectivity index (χ2n) is 5.19. The Bertz CT molecular complexity index is 363. The van der Waals surface area contributed by atoms with E-state index in [1.165, 1.54) is 24.9 Å². The first-order chi connectivity index (χ1) is 8.79. The van der Waals surface area contributed by atoms with Crippen molar-refractivity contribution in [2.24, 2.45) is 5.92 Å². The van der Waals surface area contributed by atoms with Gasteiger partial charge in [0, 0.05) is 25.2 Å². The van der Waals surface area contributed by atoms with E-state index in [1.54, 1.807) is 0 Å². The predicted octanol–water partition coefficient (Wildman–Crippen LogP) is 2.13. The Labute approximate surface area is 110 Å². The molecular weight excluding hydrogens is 224 g/mol. The molecule has 1 fully saturated rings. The standard InChI is InChI=1S/C15H24N2O/c1-16-11-14-5-3-4-6-15(14)18-10-9-17(2)12-13-7-8-13/h3-6,13,16H,7-12H2,1-2H3. The molecular formula is C15H24N2O. The third-order valence-corrected chi connectivity index (χ3v) is 3.34. The second kappa shape index (κ2) is 6.76. The summed E-state index contributed by atoms with van der Waals surface area (Å²) in [4.78, 5) is 2.37. The van der Waals surface area contributed by atoms with Crippen molar-refractivity contribution >= 4 is 0 Å². The molecule has 1 aromatic carbocycles. The van der Waals surface area contributed by atoms with Gasteiger partial charge in [-0.1, -0.05) is 18.2 Å². The summed E-state index contributed by atoms with van der Waals surface area (Å²) in [7, 11) is 4.14. The molecule has 2 rings (SSSR count). The van der Waals surface area contributed by atoms with E-state index in [0.29, 0.717) is 0 Å². The lowest BCUT2D eigenvalue weighted by Crippen LogP contribution is -2.26. The number of nitrogens with one attached hydrogen (secondary N) is 1. The zero-order valence-corrected chi connectivity index (χ0v) is 11.5. The Morgan fingerprint density at radius 1 is 1.33 bits per heavy atom. The summed E-state index contributed by atoms with van der Waals surface area (Å²) in [5.74, 6) is 1.96. The maximum Gasteiger partial charge on any atom is 0.123 e. The van der Waals surface area contributed by atoms with Crippen molar-refractivity contribution in [1.82, 2.24) is 10.2 Å². The Morgan fingerprint density at radius 2 is 2.11 bits per heavy atom. The highest BCUT2D eigenvalue weighted by Gasteiger charge is 2.22. The fourth-order valence-electron chi connectivity index (χ4n) is 2.13. The third-order valence-electron chi connectivity index (χ3n) is 3.34. The minimum absolute atomic E-state index is 0.768. The highest BCUT2D eigenvalue weighted by atomic mass is 16.5. The molecule has 3 nitrogen and oxygen atoms in total. The molecule has 18 heavy (non-hydrogen) atoms. The number of hydrogen-bond acceptors (Lipinski definition) is 3. The maximum absolute atomic E-state index is 5.88. The van der Waals surface area contributed by atoms with Gasteiger partial charge in [0.05, 0.1) is 0 Å². The van der Waals surface area contributed by atoms with Crippen LogP contribution >= 0.6 is 0 Å². The van der Waals surface area contributed by atoms with Crippen molar-refractivity contribution in [3.8, 4) is 5.75 Å². The number of likely N-dealkylation sites (N-methyl/N-ethyl adjacent to an activating group) is 1. The van der Waals surface area contributed by atoms with Crippen LogP contribution in [-0.4, -0.2) is 38.7 Å². The zero-order valence-electron chi connectivity index (χ0n) is 11.5. The molecule has 0 unspecified atom stereocenters. The molecule has 1 N–H and O–H groups in total. The van der Waals surface area contributed by atoms with Crippen LogP contribution in [0.25, 0.3) is 0 Å². The second-order valence-corrected chi connectivity index (χ2v) is 5.19. The topological polar surface area (TPSA) is 24.5 Å².